The molecule has 11 nitrogen and oxygen atoms in total. The first kappa shape index (κ1) is 50.0. The van der Waals surface area contributed by atoms with Crippen LogP contribution in [0.3, 0.4) is 0 Å². The second-order valence-corrected chi connectivity index (χ2v) is 15.2. The molecule has 4 N–H and O–H groups in total. The van der Waals surface area contributed by atoms with Crippen LogP contribution in [0.15, 0.2) is 24.3 Å². The summed E-state index contributed by atoms with van der Waals surface area (Å²) in [4.78, 5) is 45.8. The van der Waals surface area contributed by atoms with Crippen LogP contribution in [0.25, 0.3) is 0 Å². The van der Waals surface area contributed by atoms with E-state index in [1.54, 1.807) is 0 Å². The van der Waals surface area contributed by atoms with Gasteiger partial charge in [0.05, 0.1) is 13.2 Å². The highest BCUT2D eigenvalue weighted by atomic mass is 31.2. The average molecular weight is 760 g/mol. The molecule has 0 aliphatic rings. The van der Waals surface area contributed by atoms with Crippen molar-refractivity contribution in [3.8, 4) is 0 Å². The number of allylic oxidation sites excluding steroid dienone is 4. The van der Waals surface area contributed by atoms with Gasteiger partial charge in [0.15, 0.2) is 6.10 Å². The zero-order valence-electron chi connectivity index (χ0n) is 32.7. The van der Waals surface area contributed by atoms with Gasteiger partial charge in [-0.05, 0) is 57.8 Å². The van der Waals surface area contributed by atoms with E-state index >= 15 is 0 Å². The van der Waals surface area contributed by atoms with Gasteiger partial charge in [-0.1, -0.05) is 134 Å². The molecule has 0 aliphatic carbocycles. The number of unbranched alkanes of at least 4 members (excludes halogenated alkanes) is 20. The van der Waals surface area contributed by atoms with Gasteiger partial charge in [0.25, 0.3) is 0 Å². The van der Waals surface area contributed by atoms with Crippen LogP contribution in [-0.4, -0.2) is 59.9 Å². The number of esters is 2. The lowest BCUT2D eigenvalue weighted by molar-refractivity contribution is -0.161. The normalized spacial score (nSPS) is 14.1. The van der Waals surface area contributed by atoms with Gasteiger partial charge in [0.1, 0.15) is 12.6 Å². The van der Waals surface area contributed by atoms with Crippen molar-refractivity contribution >= 4 is 25.7 Å². The molecule has 0 aromatic heterocycles. The fraction of sp³-hybridized carbons (Fsp3) is 0.825. The third-order valence-corrected chi connectivity index (χ3v) is 9.62. The Bertz CT molecular complexity index is 989. The van der Waals surface area contributed by atoms with Gasteiger partial charge in [0, 0.05) is 12.8 Å². The minimum Gasteiger partial charge on any atom is -0.480 e. The van der Waals surface area contributed by atoms with Crippen LogP contribution >= 0.6 is 7.82 Å². The van der Waals surface area contributed by atoms with Crippen LogP contribution < -0.4 is 5.73 Å². The standard InChI is InChI=1S/C40H74NO10P/c1-3-5-7-9-11-13-15-16-17-18-19-20-22-23-25-27-29-31-38(42)48-33-36(34-49-52(46,47)50-35-37(41)40(44)45)51-39(43)32-30-28-26-24-21-14-12-10-8-6-4-2/h10,12,16-17,36-37H,3-9,11,13-15,18-35,41H2,1-2H3,(H,44,45)(H,46,47)/b12-10-,17-16-/t36-,37+/m1/s1. The fourth-order valence-corrected chi connectivity index (χ4v) is 6.17. The minimum atomic E-state index is -4.71. The van der Waals surface area contributed by atoms with E-state index in [0.717, 1.165) is 64.2 Å². The van der Waals surface area contributed by atoms with Crippen molar-refractivity contribution in [2.75, 3.05) is 19.8 Å². The molecule has 12 heteroatoms. The van der Waals surface area contributed by atoms with Crippen LogP contribution in [0.5, 0.6) is 0 Å². The molecule has 0 saturated carbocycles. The summed E-state index contributed by atoms with van der Waals surface area (Å²) in [6, 6.07) is -1.52. The molecule has 0 fully saturated rings. The van der Waals surface area contributed by atoms with E-state index in [9.17, 15) is 23.8 Å². The number of aliphatic carboxylic acids is 1. The number of ether oxygens (including phenoxy) is 2. The first-order valence-corrected chi connectivity index (χ1v) is 21.9. The maximum Gasteiger partial charge on any atom is 0.472 e. The van der Waals surface area contributed by atoms with Crippen molar-refractivity contribution in [2.45, 2.75) is 193 Å². The van der Waals surface area contributed by atoms with E-state index < -0.39 is 51.1 Å². The number of phosphoric acid groups is 1. The Morgan fingerprint density at radius 3 is 1.46 bits per heavy atom. The average Bonchev–Trinajstić information content (AvgIpc) is 3.12. The highest BCUT2D eigenvalue weighted by molar-refractivity contribution is 7.47. The smallest absolute Gasteiger partial charge is 0.472 e. The molecular weight excluding hydrogens is 685 g/mol. The number of carbonyl (C=O) groups excluding carboxylic acids is 2. The Morgan fingerprint density at radius 2 is 0.981 bits per heavy atom. The molecule has 0 amide bonds. The molecule has 0 aromatic rings. The molecule has 0 aliphatic heterocycles. The number of hydrogen-bond acceptors (Lipinski definition) is 9. The summed E-state index contributed by atoms with van der Waals surface area (Å²) < 4.78 is 32.6. The molecule has 52 heavy (non-hydrogen) atoms. The summed E-state index contributed by atoms with van der Waals surface area (Å²) in [7, 11) is -4.71. The minimum absolute atomic E-state index is 0.151. The molecule has 1 unspecified atom stereocenters. The molecule has 304 valence electrons. The molecule has 0 rings (SSSR count). The molecule has 0 spiro atoms. The van der Waals surface area contributed by atoms with Gasteiger partial charge in [-0.3, -0.25) is 23.4 Å². The zero-order chi connectivity index (χ0) is 38.5. The molecule has 0 saturated heterocycles. The van der Waals surface area contributed by atoms with E-state index in [0.29, 0.717) is 12.8 Å². The maximum absolute atomic E-state index is 12.5. The van der Waals surface area contributed by atoms with Crippen LogP contribution in [-0.2, 0) is 37.5 Å². The summed E-state index contributed by atoms with van der Waals surface area (Å²) in [5.41, 5.74) is 5.32. The number of phosphoric ester groups is 1. The molecule has 3 atom stereocenters. The predicted molar refractivity (Wildman–Crippen MR) is 208 cm³/mol. The second-order valence-electron chi connectivity index (χ2n) is 13.8. The van der Waals surface area contributed by atoms with Crippen molar-refractivity contribution in [1.82, 2.24) is 0 Å². The van der Waals surface area contributed by atoms with Gasteiger partial charge in [-0.2, -0.15) is 0 Å². The first-order chi connectivity index (χ1) is 25.1. The number of carbonyl (C=O) groups is 3. The van der Waals surface area contributed by atoms with Crippen molar-refractivity contribution in [1.29, 1.82) is 0 Å². The Balaban J connectivity index is 4.36. The summed E-state index contributed by atoms with van der Waals surface area (Å²) in [6.45, 7) is 2.74. The van der Waals surface area contributed by atoms with Crippen molar-refractivity contribution in [3.05, 3.63) is 24.3 Å². The fourth-order valence-electron chi connectivity index (χ4n) is 5.39. The Labute approximate surface area is 315 Å². The highest BCUT2D eigenvalue weighted by Gasteiger charge is 2.28. The third kappa shape index (κ3) is 35.0. The lowest BCUT2D eigenvalue weighted by Crippen LogP contribution is -2.34. The predicted octanol–water partition coefficient (Wildman–Crippen LogP) is 10.3. The van der Waals surface area contributed by atoms with Crippen LogP contribution in [0.4, 0.5) is 0 Å². The molecule has 0 aromatic carbocycles. The van der Waals surface area contributed by atoms with Gasteiger partial charge in [-0.25, -0.2) is 4.57 Å². The number of hydrogen-bond donors (Lipinski definition) is 3. The van der Waals surface area contributed by atoms with Crippen molar-refractivity contribution in [2.24, 2.45) is 5.73 Å². The number of rotatable bonds is 38. The van der Waals surface area contributed by atoms with E-state index in [1.807, 2.05) is 0 Å². The van der Waals surface area contributed by atoms with E-state index in [2.05, 4.69) is 42.7 Å². The van der Waals surface area contributed by atoms with Crippen LogP contribution in [0, 0.1) is 0 Å². The second kappa shape index (κ2) is 36.0. The molecule has 0 heterocycles. The summed E-state index contributed by atoms with van der Waals surface area (Å²) in [5, 5.41) is 8.86. The van der Waals surface area contributed by atoms with Crippen molar-refractivity contribution < 1.29 is 47.5 Å². The maximum atomic E-state index is 12.5. The Kier molecular flexibility index (Phi) is 34.6. The van der Waals surface area contributed by atoms with Gasteiger partial charge in [-0.15, -0.1) is 0 Å². The van der Waals surface area contributed by atoms with E-state index in [4.69, 9.17) is 24.8 Å². The van der Waals surface area contributed by atoms with Gasteiger partial charge < -0.3 is 25.2 Å². The zero-order valence-corrected chi connectivity index (χ0v) is 33.5. The lowest BCUT2D eigenvalue weighted by Gasteiger charge is -2.20. The van der Waals surface area contributed by atoms with Crippen LogP contribution in [0.2, 0.25) is 0 Å². The Hall–Kier alpha value is -2.04. The SMILES string of the molecule is CCCC/C=C\CCCCCCCC(=O)O[C@H](COC(=O)CCCCCCCCC/C=C\CCCCCCCC)COP(=O)(O)OC[C@H](N)C(=O)O. The first-order valence-electron chi connectivity index (χ1n) is 20.4. The largest absolute Gasteiger partial charge is 0.480 e. The number of carboxylic acids is 1. The monoisotopic (exact) mass is 760 g/mol. The quantitative estimate of drug-likeness (QED) is 0.0237. The highest BCUT2D eigenvalue weighted by Crippen LogP contribution is 2.43. The third-order valence-electron chi connectivity index (χ3n) is 8.67. The number of nitrogens with two attached hydrogens (primary N) is 1. The van der Waals surface area contributed by atoms with Gasteiger partial charge in [0.2, 0.25) is 0 Å². The number of carboxylic acid groups (broad SMARTS) is 1. The van der Waals surface area contributed by atoms with E-state index in [-0.39, 0.29) is 19.4 Å². The molecule has 0 bridgehead atoms. The van der Waals surface area contributed by atoms with Gasteiger partial charge >= 0.3 is 25.7 Å². The lowest BCUT2D eigenvalue weighted by atomic mass is 10.1. The Morgan fingerprint density at radius 1 is 0.577 bits per heavy atom. The topological polar surface area (TPSA) is 172 Å². The summed E-state index contributed by atoms with van der Waals surface area (Å²) in [6.07, 6.45) is 35.3. The van der Waals surface area contributed by atoms with Crippen molar-refractivity contribution in [3.63, 3.8) is 0 Å². The summed E-state index contributed by atoms with van der Waals surface area (Å²) >= 11 is 0. The summed E-state index contributed by atoms with van der Waals surface area (Å²) in [5.74, 6) is -2.39. The van der Waals surface area contributed by atoms with E-state index in [1.165, 1.54) is 77.0 Å². The molecular formula is C40H74NO10P. The molecule has 0 radical (unpaired) electrons. The van der Waals surface area contributed by atoms with Crippen LogP contribution in [0.1, 0.15) is 181 Å².